The van der Waals surface area contributed by atoms with E-state index in [1.165, 1.54) is 0 Å². The molecule has 6 heavy (non-hydrogen) atoms. The molecular formula is H4CaN2O3. The monoisotopic (exact) mass is 120 g/mol. The van der Waals surface area contributed by atoms with Crippen molar-refractivity contribution in [1.82, 2.24) is 6.15 Å². The van der Waals surface area contributed by atoms with Crippen molar-refractivity contribution >= 4 is 37.7 Å². The van der Waals surface area contributed by atoms with Gasteiger partial charge in [-0.3, -0.25) is 0 Å². The maximum atomic E-state index is 8.36. The zero-order valence-corrected chi connectivity index (χ0v) is 5.33. The molecule has 2 radical (unpaired) electrons. The number of rotatable bonds is 0. The second-order valence-corrected chi connectivity index (χ2v) is 0.238. The van der Waals surface area contributed by atoms with Gasteiger partial charge in [0, 0.05) is 37.7 Å². The van der Waals surface area contributed by atoms with Gasteiger partial charge in [0.2, 0.25) is 0 Å². The first-order valence-electron chi connectivity index (χ1n) is 0.565. The SMILES string of the molecule is N.O=[N+]([O-])O.[Ca]. The summed E-state index contributed by atoms with van der Waals surface area (Å²) in [7, 11) is 0. The first-order chi connectivity index (χ1) is 1.73. The molecule has 0 aromatic carbocycles. The Hall–Kier alpha value is 0.420. The Morgan fingerprint density at radius 2 is 1.67 bits per heavy atom. The molecule has 0 aliphatic heterocycles. The van der Waals surface area contributed by atoms with E-state index >= 15 is 0 Å². The molecule has 6 heteroatoms. The van der Waals surface area contributed by atoms with Crippen LogP contribution >= 0.6 is 0 Å². The summed E-state index contributed by atoms with van der Waals surface area (Å²) in [5.74, 6) is 0. The summed E-state index contributed by atoms with van der Waals surface area (Å²) < 4.78 is 0. The van der Waals surface area contributed by atoms with Crippen molar-refractivity contribution in [3.05, 3.63) is 10.1 Å². The van der Waals surface area contributed by atoms with E-state index in [1.54, 1.807) is 0 Å². The predicted octanol–water partition coefficient (Wildman–Crippen LogP) is -0.567. The fourth-order valence-corrected chi connectivity index (χ4v) is 0. The van der Waals surface area contributed by atoms with Crippen LogP contribution in [0, 0.1) is 10.1 Å². The van der Waals surface area contributed by atoms with E-state index in [1.807, 2.05) is 0 Å². The van der Waals surface area contributed by atoms with Crippen molar-refractivity contribution in [2.75, 3.05) is 0 Å². The molecule has 0 aliphatic rings. The van der Waals surface area contributed by atoms with Gasteiger partial charge in [-0.2, -0.15) is 0 Å². The molecule has 0 spiro atoms. The topological polar surface area (TPSA) is 98.4 Å². The first-order valence-corrected chi connectivity index (χ1v) is 0.565. The van der Waals surface area contributed by atoms with Gasteiger partial charge in [-0.05, 0) is 0 Å². The summed E-state index contributed by atoms with van der Waals surface area (Å²) >= 11 is 0. The standard InChI is InChI=1S/Ca.HNO3.H3N/c;2-1(3)4;/h;(H,2,3,4);1H3. The second-order valence-electron chi connectivity index (χ2n) is 0.238. The van der Waals surface area contributed by atoms with Crippen LogP contribution in [0.25, 0.3) is 0 Å². The summed E-state index contributed by atoms with van der Waals surface area (Å²) in [6.45, 7) is 0. The van der Waals surface area contributed by atoms with Crippen LogP contribution < -0.4 is 6.15 Å². The maximum absolute atomic E-state index is 8.36. The third-order valence-electron chi connectivity index (χ3n) is 0. The molecule has 0 fully saturated rings. The Kier molecular flexibility index (Phi) is 24.3. The average Bonchev–Trinajstić information content (AvgIpc) is 0.811. The van der Waals surface area contributed by atoms with Crippen LogP contribution in [0.5, 0.6) is 0 Å². The van der Waals surface area contributed by atoms with Gasteiger partial charge in [0.1, 0.15) is 0 Å². The molecule has 0 aliphatic carbocycles. The molecule has 0 amide bonds. The molecule has 0 aromatic rings. The van der Waals surface area contributed by atoms with E-state index in [0.717, 1.165) is 0 Å². The molecule has 0 aromatic heterocycles. The van der Waals surface area contributed by atoms with Crippen LogP contribution in [0.4, 0.5) is 0 Å². The molecular weight excluding hydrogens is 116 g/mol. The van der Waals surface area contributed by atoms with Crippen LogP contribution in [0.3, 0.4) is 0 Å². The summed E-state index contributed by atoms with van der Waals surface area (Å²) in [5, 5.41) is 13.6. The van der Waals surface area contributed by atoms with Crippen LogP contribution in [0.2, 0.25) is 0 Å². The minimum atomic E-state index is -1.50. The molecule has 0 unspecified atom stereocenters. The quantitative estimate of drug-likeness (QED) is 0.254. The zero-order chi connectivity index (χ0) is 3.58. The van der Waals surface area contributed by atoms with E-state index < -0.39 is 5.09 Å². The molecule has 0 rings (SSSR count). The van der Waals surface area contributed by atoms with Crippen molar-refractivity contribution in [2.24, 2.45) is 0 Å². The normalized spacial score (nSPS) is 4.00. The number of nitrogens with zero attached hydrogens (tertiary/aromatic N) is 1. The molecule has 0 atom stereocenters. The summed E-state index contributed by atoms with van der Waals surface area (Å²) in [6.07, 6.45) is 0. The summed E-state index contributed by atoms with van der Waals surface area (Å²) in [4.78, 5) is 8.36. The molecule has 4 N–H and O–H groups in total. The van der Waals surface area contributed by atoms with Crippen molar-refractivity contribution in [2.45, 2.75) is 0 Å². The van der Waals surface area contributed by atoms with Gasteiger partial charge >= 0.3 is 0 Å². The fourth-order valence-electron chi connectivity index (χ4n) is 0. The van der Waals surface area contributed by atoms with E-state index in [2.05, 4.69) is 0 Å². The van der Waals surface area contributed by atoms with Gasteiger partial charge in [-0.15, -0.1) is 10.1 Å². The maximum Gasteiger partial charge on any atom is 0.291 e. The van der Waals surface area contributed by atoms with Crippen LogP contribution in [-0.2, 0) is 0 Å². The Labute approximate surface area is 64.0 Å². The average molecular weight is 120 g/mol. The smallest absolute Gasteiger partial charge is 0.291 e. The number of hydrogen-bond donors (Lipinski definition) is 2. The van der Waals surface area contributed by atoms with Crippen LogP contribution in [0.15, 0.2) is 0 Å². The van der Waals surface area contributed by atoms with Crippen molar-refractivity contribution in [3.8, 4) is 0 Å². The Morgan fingerprint density at radius 3 is 1.67 bits per heavy atom. The Bertz CT molecular complexity index is 31.8. The molecule has 34 valence electrons. The minimum absolute atomic E-state index is 0. The van der Waals surface area contributed by atoms with Crippen molar-refractivity contribution in [3.63, 3.8) is 0 Å². The van der Waals surface area contributed by atoms with Crippen LogP contribution in [0.1, 0.15) is 0 Å². The Morgan fingerprint density at radius 1 is 1.67 bits per heavy atom. The van der Waals surface area contributed by atoms with Gasteiger partial charge in [0.15, 0.2) is 0 Å². The van der Waals surface area contributed by atoms with Gasteiger partial charge < -0.3 is 11.4 Å². The van der Waals surface area contributed by atoms with Crippen molar-refractivity contribution < 1.29 is 10.3 Å². The van der Waals surface area contributed by atoms with E-state index in [9.17, 15) is 0 Å². The van der Waals surface area contributed by atoms with Gasteiger partial charge in [-0.1, -0.05) is 0 Å². The van der Waals surface area contributed by atoms with Gasteiger partial charge in [-0.25, -0.2) is 0 Å². The molecule has 0 bridgehead atoms. The first kappa shape index (κ1) is 16.1. The molecule has 0 heterocycles. The van der Waals surface area contributed by atoms with Crippen LogP contribution in [-0.4, -0.2) is 48.0 Å². The summed E-state index contributed by atoms with van der Waals surface area (Å²) in [6, 6.07) is 0. The second kappa shape index (κ2) is 9.05. The largest absolute Gasteiger partial charge is 0.344 e. The predicted molar refractivity (Wildman–Crippen MR) is 19.6 cm³/mol. The molecule has 5 nitrogen and oxygen atoms in total. The summed E-state index contributed by atoms with van der Waals surface area (Å²) in [5.41, 5.74) is 0. The third-order valence-corrected chi connectivity index (χ3v) is 0. The van der Waals surface area contributed by atoms with E-state index in [4.69, 9.17) is 15.3 Å². The number of hydrogen-bond acceptors (Lipinski definition) is 3. The molecule has 0 saturated carbocycles. The third kappa shape index (κ3) is 293. The minimum Gasteiger partial charge on any atom is -0.344 e. The van der Waals surface area contributed by atoms with Crippen molar-refractivity contribution in [1.29, 1.82) is 0 Å². The van der Waals surface area contributed by atoms with Gasteiger partial charge in [0.25, 0.3) is 5.09 Å². The zero-order valence-electron chi connectivity index (χ0n) is 3.13. The van der Waals surface area contributed by atoms with E-state index in [0.29, 0.717) is 0 Å². The fraction of sp³-hybridized carbons (Fsp3) is 0. The van der Waals surface area contributed by atoms with Gasteiger partial charge in [0.05, 0.1) is 0 Å². The molecule has 0 saturated heterocycles. The Balaban J connectivity index is -0.0000000450. The van der Waals surface area contributed by atoms with E-state index in [-0.39, 0.29) is 43.9 Å².